The number of hydrogen-bond acceptors (Lipinski definition) is 3. The summed E-state index contributed by atoms with van der Waals surface area (Å²) in [5.41, 5.74) is 5.31. The fourth-order valence-corrected chi connectivity index (χ4v) is 3.52. The van der Waals surface area contributed by atoms with Crippen molar-refractivity contribution < 1.29 is 0 Å². The first-order chi connectivity index (χ1) is 9.84. The van der Waals surface area contributed by atoms with Crippen LogP contribution in [-0.2, 0) is 5.41 Å². The van der Waals surface area contributed by atoms with E-state index in [2.05, 4.69) is 70.4 Å². The molecule has 0 aliphatic carbocycles. The minimum Gasteiger partial charge on any atom is -0.305 e. The van der Waals surface area contributed by atoms with E-state index in [1.807, 2.05) is 0 Å². The van der Waals surface area contributed by atoms with Crippen LogP contribution in [0.2, 0.25) is 0 Å². The Morgan fingerprint density at radius 3 is 2.52 bits per heavy atom. The number of aromatic nitrogens is 1. The van der Waals surface area contributed by atoms with Crippen molar-refractivity contribution >= 4 is 11.3 Å². The van der Waals surface area contributed by atoms with Gasteiger partial charge in [-0.25, -0.2) is 4.98 Å². The molecule has 1 atom stereocenters. The number of rotatable bonds is 4. The van der Waals surface area contributed by atoms with Crippen LogP contribution in [0, 0.1) is 13.8 Å². The average molecular weight is 302 g/mol. The van der Waals surface area contributed by atoms with Gasteiger partial charge >= 0.3 is 0 Å². The molecule has 0 amide bonds. The molecule has 3 heteroatoms. The standard InChI is InChI=1S/C18H26N2S/c1-7-19-16(14-10-8-9-12(2)13(14)3)17-20-15(11-21-17)18(4,5)6/h8-11,16,19H,7H2,1-6H3. The number of nitrogens with one attached hydrogen (secondary N) is 1. The van der Waals surface area contributed by atoms with Gasteiger partial charge in [0.15, 0.2) is 0 Å². The summed E-state index contributed by atoms with van der Waals surface area (Å²) in [6, 6.07) is 6.72. The largest absolute Gasteiger partial charge is 0.305 e. The van der Waals surface area contributed by atoms with Crippen LogP contribution < -0.4 is 5.32 Å². The van der Waals surface area contributed by atoms with Crippen LogP contribution in [0.5, 0.6) is 0 Å². The Balaban J connectivity index is 2.44. The maximum Gasteiger partial charge on any atom is 0.114 e. The van der Waals surface area contributed by atoms with Crippen LogP contribution in [0.3, 0.4) is 0 Å². The van der Waals surface area contributed by atoms with Gasteiger partial charge in [-0.3, -0.25) is 0 Å². The highest BCUT2D eigenvalue weighted by atomic mass is 32.1. The molecule has 2 aromatic rings. The fraction of sp³-hybridized carbons (Fsp3) is 0.500. The molecule has 0 bridgehead atoms. The molecule has 0 saturated carbocycles. The monoisotopic (exact) mass is 302 g/mol. The lowest BCUT2D eigenvalue weighted by Crippen LogP contribution is -2.23. The predicted molar refractivity (Wildman–Crippen MR) is 92.2 cm³/mol. The molecule has 1 aromatic carbocycles. The SMILES string of the molecule is CCNC(c1nc(C(C)(C)C)cs1)c1cccc(C)c1C. The van der Waals surface area contributed by atoms with Gasteiger partial charge in [0, 0.05) is 10.8 Å². The summed E-state index contributed by atoms with van der Waals surface area (Å²) >= 11 is 1.76. The molecule has 21 heavy (non-hydrogen) atoms. The van der Waals surface area contributed by atoms with E-state index in [4.69, 9.17) is 4.98 Å². The lowest BCUT2D eigenvalue weighted by molar-refractivity contribution is 0.562. The summed E-state index contributed by atoms with van der Waals surface area (Å²) in [7, 11) is 0. The molecule has 0 aliphatic rings. The van der Waals surface area contributed by atoms with Crippen LogP contribution in [0.1, 0.15) is 61.1 Å². The fourth-order valence-electron chi connectivity index (χ4n) is 2.39. The van der Waals surface area contributed by atoms with E-state index in [-0.39, 0.29) is 11.5 Å². The van der Waals surface area contributed by atoms with Crippen LogP contribution >= 0.6 is 11.3 Å². The molecule has 1 aromatic heterocycles. The second-order valence-electron chi connectivity index (χ2n) is 6.60. The zero-order valence-corrected chi connectivity index (χ0v) is 14.8. The molecule has 1 N–H and O–H groups in total. The highest BCUT2D eigenvalue weighted by Gasteiger charge is 2.23. The number of aryl methyl sites for hydroxylation is 1. The third-order valence-corrected chi connectivity index (χ3v) is 4.81. The quantitative estimate of drug-likeness (QED) is 0.881. The Morgan fingerprint density at radius 1 is 1.24 bits per heavy atom. The van der Waals surface area contributed by atoms with Gasteiger partial charge in [0.25, 0.3) is 0 Å². The summed E-state index contributed by atoms with van der Waals surface area (Å²) < 4.78 is 0. The van der Waals surface area contributed by atoms with E-state index in [9.17, 15) is 0 Å². The highest BCUT2D eigenvalue weighted by Crippen LogP contribution is 2.31. The van der Waals surface area contributed by atoms with Gasteiger partial charge in [-0.2, -0.15) is 0 Å². The van der Waals surface area contributed by atoms with E-state index < -0.39 is 0 Å². The molecule has 0 spiro atoms. The van der Waals surface area contributed by atoms with Crippen molar-refractivity contribution in [1.82, 2.24) is 10.3 Å². The van der Waals surface area contributed by atoms with Crippen molar-refractivity contribution in [1.29, 1.82) is 0 Å². The van der Waals surface area contributed by atoms with Gasteiger partial charge in [-0.1, -0.05) is 45.9 Å². The smallest absolute Gasteiger partial charge is 0.114 e. The predicted octanol–water partition coefficient (Wildman–Crippen LogP) is 4.76. The molecule has 2 nitrogen and oxygen atoms in total. The molecule has 0 radical (unpaired) electrons. The van der Waals surface area contributed by atoms with Gasteiger partial charge in [-0.15, -0.1) is 11.3 Å². The topological polar surface area (TPSA) is 24.9 Å². The first-order valence-electron chi connectivity index (χ1n) is 7.60. The normalized spacial score (nSPS) is 13.4. The second kappa shape index (κ2) is 6.29. The van der Waals surface area contributed by atoms with Crippen molar-refractivity contribution in [2.24, 2.45) is 0 Å². The van der Waals surface area contributed by atoms with Crippen molar-refractivity contribution in [3.63, 3.8) is 0 Å². The summed E-state index contributed by atoms with van der Waals surface area (Å²) in [5, 5.41) is 6.96. The number of nitrogens with zero attached hydrogens (tertiary/aromatic N) is 1. The van der Waals surface area contributed by atoms with Crippen molar-refractivity contribution in [3.05, 3.63) is 51.0 Å². The lowest BCUT2D eigenvalue weighted by Gasteiger charge is -2.20. The molecule has 2 rings (SSSR count). The Kier molecular flexibility index (Phi) is 4.84. The zero-order valence-electron chi connectivity index (χ0n) is 13.9. The molecule has 1 unspecified atom stereocenters. The zero-order chi connectivity index (χ0) is 15.6. The highest BCUT2D eigenvalue weighted by molar-refractivity contribution is 7.09. The molecule has 0 aliphatic heterocycles. The van der Waals surface area contributed by atoms with E-state index >= 15 is 0 Å². The summed E-state index contributed by atoms with van der Waals surface area (Å²) in [6.07, 6.45) is 0. The van der Waals surface area contributed by atoms with E-state index in [0.29, 0.717) is 0 Å². The van der Waals surface area contributed by atoms with Crippen LogP contribution in [0.15, 0.2) is 23.6 Å². The van der Waals surface area contributed by atoms with Gasteiger partial charge in [0.05, 0.1) is 11.7 Å². The van der Waals surface area contributed by atoms with Gasteiger partial charge in [0.1, 0.15) is 5.01 Å². The average Bonchev–Trinajstić information content (AvgIpc) is 2.89. The van der Waals surface area contributed by atoms with Gasteiger partial charge < -0.3 is 5.32 Å². The van der Waals surface area contributed by atoms with Crippen molar-refractivity contribution in [2.45, 2.75) is 53.0 Å². The molecule has 0 fully saturated rings. The summed E-state index contributed by atoms with van der Waals surface area (Å²) in [5.74, 6) is 0. The summed E-state index contributed by atoms with van der Waals surface area (Å²) in [6.45, 7) is 14.1. The van der Waals surface area contributed by atoms with E-state index in [0.717, 1.165) is 11.6 Å². The van der Waals surface area contributed by atoms with E-state index in [1.54, 1.807) is 11.3 Å². The summed E-state index contributed by atoms with van der Waals surface area (Å²) in [4.78, 5) is 4.90. The first kappa shape index (κ1) is 16.2. The Bertz CT molecular complexity index is 608. The maximum atomic E-state index is 4.90. The second-order valence-corrected chi connectivity index (χ2v) is 7.49. The lowest BCUT2D eigenvalue weighted by atomic mass is 9.93. The molecular weight excluding hydrogens is 276 g/mol. The first-order valence-corrected chi connectivity index (χ1v) is 8.48. The molecule has 114 valence electrons. The van der Waals surface area contributed by atoms with E-state index in [1.165, 1.54) is 22.4 Å². The minimum atomic E-state index is 0.104. The molecule has 1 heterocycles. The molecule has 0 saturated heterocycles. The van der Waals surface area contributed by atoms with Crippen LogP contribution in [-0.4, -0.2) is 11.5 Å². The van der Waals surface area contributed by atoms with Crippen molar-refractivity contribution in [3.8, 4) is 0 Å². The number of hydrogen-bond donors (Lipinski definition) is 1. The van der Waals surface area contributed by atoms with Crippen LogP contribution in [0.25, 0.3) is 0 Å². The molecular formula is C18H26N2S. The third-order valence-electron chi connectivity index (χ3n) is 3.90. The number of benzene rings is 1. The Labute approximate surface area is 132 Å². The Hall–Kier alpha value is -1.19. The third kappa shape index (κ3) is 3.53. The Morgan fingerprint density at radius 2 is 1.95 bits per heavy atom. The van der Waals surface area contributed by atoms with Gasteiger partial charge in [0.2, 0.25) is 0 Å². The van der Waals surface area contributed by atoms with Crippen molar-refractivity contribution in [2.75, 3.05) is 6.54 Å². The maximum absolute atomic E-state index is 4.90. The number of thiazole rings is 1. The van der Waals surface area contributed by atoms with Gasteiger partial charge in [-0.05, 0) is 37.1 Å². The minimum absolute atomic E-state index is 0.104. The van der Waals surface area contributed by atoms with Crippen LogP contribution in [0.4, 0.5) is 0 Å².